The van der Waals surface area contributed by atoms with Gasteiger partial charge in [-0.25, -0.2) is 4.39 Å². The summed E-state index contributed by atoms with van der Waals surface area (Å²) in [6, 6.07) is 12.5. The fourth-order valence-corrected chi connectivity index (χ4v) is 2.80. The smallest absolute Gasteiger partial charge is 0.286 e. The molecule has 1 heterocycles. The molecule has 0 atom stereocenters. The minimum Gasteiger partial charge on any atom is -0.348 e. The summed E-state index contributed by atoms with van der Waals surface area (Å²) >= 11 is 1.20. The van der Waals surface area contributed by atoms with Crippen molar-refractivity contribution in [2.24, 2.45) is 0 Å². The van der Waals surface area contributed by atoms with Crippen molar-refractivity contribution in [1.29, 1.82) is 0 Å². The SMILES string of the molecule is Cc1nnc(C(=O)Nc2ccc(C(=O)NCc3cccc(F)c3)cc2)s1. The highest BCUT2D eigenvalue weighted by atomic mass is 32.1. The van der Waals surface area contributed by atoms with Gasteiger partial charge in [-0.3, -0.25) is 9.59 Å². The topological polar surface area (TPSA) is 84.0 Å². The molecule has 2 N–H and O–H groups in total. The van der Waals surface area contributed by atoms with Crippen LogP contribution >= 0.6 is 11.3 Å². The second-order valence-corrected chi connectivity index (χ2v) is 6.65. The first kappa shape index (κ1) is 17.7. The van der Waals surface area contributed by atoms with E-state index in [0.29, 0.717) is 21.8 Å². The van der Waals surface area contributed by atoms with E-state index in [1.807, 2.05) is 0 Å². The average molecular weight is 370 g/mol. The summed E-state index contributed by atoms with van der Waals surface area (Å²) in [5.74, 6) is -0.978. The van der Waals surface area contributed by atoms with E-state index in [0.717, 1.165) is 0 Å². The largest absolute Gasteiger partial charge is 0.348 e. The van der Waals surface area contributed by atoms with Gasteiger partial charge in [0.2, 0.25) is 5.01 Å². The van der Waals surface area contributed by atoms with E-state index in [2.05, 4.69) is 20.8 Å². The van der Waals surface area contributed by atoms with Crippen molar-refractivity contribution in [3.63, 3.8) is 0 Å². The van der Waals surface area contributed by atoms with Gasteiger partial charge >= 0.3 is 0 Å². The van der Waals surface area contributed by atoms with Crippen molar-refractivity contribution in [3.8, 4) is 0 Å². The predicted molar refractivity (Wildman–Crippen MR) is 96.6 cm³/mol. The van der Waals surface area contributed by atoms with E-state index >= 15 is 0 Å². The zero-order valence-corrected chi connectivity index (χ0v) is 14.6. The van der Waals surface area contributed by atoms with Crippen LogP contribution in [0.2, 0.25) is 0 Å². The molecule has 2 aromatic carbocycles. The number of amides is 2. The fourth-order valence-electron chi connectivity index (χ4n) is 2.21. The van der Waals surface area contributed by atoms with Gasteiger partial charge in [-0.2, -0.15) is 0 Å². The maximum absolute atomic E-state index is 13.1. The minimum atomic E-state index is -0.348. The van der Waals surface area contributed by atoms with Gasteiger partial charge in [-0.1, -0.05) is 23.5 Å². The number of benzene rings is 2. The monoisotopic (exact) mass is 370 g/mol. The van der Waals surface area contributed by atoms with Crippen LogP contribution in [0.3, 0.4) is 0 Å². The first-order valence-corrected chi connectivity index (χ1v) is 8.57. The van der Waals surface area contributed by atoms with Crippen molar-refractivity contribution >= 4 is 28.8 Å². The molecule has 3 rings (SSSR count). The van der Waals surface area contributed by atoms with Crippen molar-refractivity contribution < 1.29 is 14.0 Å². The quantitative estimate of drug-likeness (QED) is 0.723. The van der Waals surface area contributed by atoms with Gasteiger partial charge in [0.25, 0.3) is 11.8 Å². The molecule has 0 fully saturated rings. The number of carbonyl (C=O) groups is 2. The van der Waals surface area contributed by atoms with Gasteiger partial charge in [0.1, 0.15) is 10.8 Å². The zero-order valence-electron chi connectivity index (χ0n) is 13.8. The van der Waals surface area contributed by atoms with Crippen molar-refractivity contribution in [1.82, 2.24) is 15.5 Å². The predicted octanol–water partition coefficient (Wildman–Crippen LogP) is 3.17. The second-order valence-electron chi connectivity index (χ2n) is 5.47. The lowest BCUT2D eigenvalue weighted by molar-refractivity contribution is 0.0950. The van der Waals surface area contributed by atoms with Crippen molar-refractivity contribution in [3.05, 3.63) is 75.5 Å². The van der Waals surface area contributed by atoms with Crippen LogP contribution in [0.15, 0.2) is 48.5 Å². The molecule has 2 amide bonds. The Labute approximate surface area is 153 Å². The Morgan fingerprint density at radius 1 is 1.08 bits per heavy atom. The molecular formula is C18H15FN4O2S. The van der Waals surface area contributed by atoms with Crippen LogP contribution in [0.5, 0.6) is 0 Å². The molecule has 8 heteroatoms. The van der Waals surface area contributed by atoms with Crippen molar-refractivity contribution in [2.75, 3.05) is 5.32 Å². The lowest BCUT2D eigenvalue weighted by atomic mass is 10.1. The molecule has 0 aliphatic carbocycles. The first-order valence-electron chi connectivity index (χ1n) is 7.75. The number of anilines is 1. The number of carbonyl (C=O) groups excluding carboxylic acids is 2. The number of hydrogen-bond donors (Lipinski definition) is 2. The van der Waals surface area contributed by atoms with Crippen LogP contribution in [0, 0.1) is 12.7 Å². The molecule has 6 nitrogen and oxygen atoms in total. The maximum atomic E-state index is 13.1. The van der Waals surface area contributed by atoms with Crippen LogP contribution in [0.1, 0.15) is 30.7 Å². The molecule has 0 aliphatic rings. The summed E-state index contributed by atoms with van der Waals surface area (Å²) in [5.41, 5.74) is 1.66. The van der Waals surface area contributed by atoms with Gasteiger partial charge < -0.3 is 10.6 Å². The third-order valence-electron chi connectivity index (χ3n) is 3.47. The van der Waals surface area contributed by atoms with Gasteiger partial charge in [0, 0.05) is 17.8 Å². The van der Waals surface area contributed by atoms with Gasteiger partial charge in [0.05, 0.1) is 0 Å². The Hall–Kier alpha value is -3.13. The van der Waals surface area contributed by atoms with Crippen LogP contribution in [0.25, 0.3) is 0 Å². The Bertz CT molecular complexity index is 940. The normalized spacial score (nSPS) is 10.4. The molecule has 0 radical (unpaired) electrons. The summed E-state index contributed by atoms with van der Waals surface area (Å²) in [4.78, 5) is 24.2. The van der Waals surface area contributed by atoms with Gasteiger partial charge in [0.15, 0.2) is 0 Å². The number of aromatic nitrogens is 2. The average Bonchev–Trinajstić information content (AvgIpc) is 3.07. The third-order valence-corrected chi connectivity index (χ3v) is 4.30. The number of aryl methyl sites for hydroxylation is 1. The molecule has 0 spiro atoms. The number of nitrogens with one attached hydrogen (secondary N) is 2. The Morgan fingerprint density at radius 2 is 1.85 bits per heavy atom. The van der Waals surface area contributed by atoms with Crippen molar-refractivity contribution in [2.45, 2.75) is 13.5 Å². The van der Waals surface area contributed by atoms with E-state index < -0.39 is 0 Å². The highest BCUT2D eigenvalue weighted by Crippen LogP contribution is 2.14. The Balaban J connectivity index is 1.58. The molecule has 132 valence electrons. The minimum absolute atomic E-state index is 0.228. The van der Waals surface area contributed by atoms with E-state index in [9.17, 15) is 14.0 Å². The summed E-state index contributed by atoms with van der Waals surface area (Å²) in [5, 5.41) is 14.0. The Kier molecular flexibility index (Phi) is 5.33. The van der Waals surface area contributed by atoms with E-state index in [-0.39, 0.29) is 29.2 Å². The fraction of sp³-hybridized carbons (Fsp3) is 0.111. The Morgan fingerprint density at radius 3 is 2.50 bits per heavy atom. The number of rotatable bonds is 5. The van der Waals surface area contributed by atoms with Gasteiger partial charge in [-0.05, 0) is 48.9 Å². The second kappa shape index (κ2) is 7.83. The molecule has 3 aromatic rings. The number of hydrogen-bond acceptors (Lipinski definition) is 5. The molecule has 1 aromatic heterocycles. The molecule has 0 bridgehead atoms. The van der Waals surface area contributed by atoms with E-state index in [4.69, 9.17) is 0 Å². The highest BCUT2D eigenvalue weighted by molar-refractivity contribution is 7.13. The molecule has 0 unspecified atom stereocenters. The zero-order chi connectivity index (χ0) is 18.5. The highest BCUT2D eigenvalue weighted by Gasteiger charge is 2.12. The summed E-state index contributed by atoms with van der Waals surface area (Å²) in [7, 11) is 0. The van der Waals surface area contributed by atoms with Gasteiger partial charge in [-0.15, -0.1) is 10.2 Å². The third kappa shape index (κ3) is 4.48. The standard InChI is InChI=1S/C18H15FN4O2S/c1-11-22-23-18(26-11)17(25)21-15-7-5-13(6-8-15)16(24)20-10-12-3-2-4-14(19)9-12/h2-9H,10H2,1H3,(H,20,24)(H,21,25). The van der Waals surface area contributed by atoms with Crippen LogP contribution in [-0.4, -0.2) is 22.0 Å². The maximum Gasteiger partial charge on any atom is 0.286 e. The van der Waals surface area contributed by atoms with Crippen LogP contribution in [0.4, 0.5) is 10.1 Å². The molecule has 0 aliphatic heterocycles. The molecule has 0 saturated heterocycles. The first-order chi connectivity index (χ1) is 12.5. The molecule has 0 saturated carbocycles. The lowest BCUT2D eigenvalue weighted by Crippen LogP contribution is -2.22. The molecule has 26 heavy (non-hydrogen) atoms. The lowest BCUT2D eigenvalue weighted by Gasteiger charge is -2.07. The molecular weight excluding hydrogens is 355 g/mol. The number of nitrogens with zero attached hydrogens (tertiary/aromatic N) is 2. The summed E-state index contributed by atoms with van der Waals surface area (Å²) in [6.45, 7) is 2.00. The van der Waals surface area contributed by atoms with E-state index in [1.54, 1.807) is 43.3 Å². The van der Waals surface area contributed by atoms with Crippen LogP contribution < -0.4 is 10.6 Å². The van der Waals surface area contributed by atoms with E-state index in [1.165, 1.54) is 23.5 Å². The van der Waals surface area contributed by atoms with Crippen LogP contribution in [-0.2, 0) is 6.54 Å². The number of halogens is 1. The summed E-state index contributed by atoms with van der Waals surface area (Å²) < 4.78 is 13.1. The summed E-state index contributed by atoms with van der Waals surface area (Å²) in [6.07, 6.45) is 0.